The number of hydrogen-bond donors (Lipinski definition) is 1. The summed E-state index contributed by atoms with van der Waals surface area (Å²) in [6, 6.07) is 15.3. The smallest absolute Gasteiger partial charge is 0.332 e. The van der Waals surface area contributed by atoms with E-state index in [4.69, 9.17) is 9.47 Å². The molecular weight excluding hydrogens is 446 g/mol. The van der Waals surface area contributed by atoms with Gasteiger partial charge in [0.2, 0.25) is 0 Å². The summed E-state index contributed by atoms with van der Waals surface area (Å²) in [5, 5.41) is 3.24. The van der Waals surface area contributed by atoms with Crippen LogP contribution in [0.15, 0.2) is 69.4 Å². The number of rotatable bonds is 5. The number of anilines is 1. The third-order valence-electron chi connectivity index (χ3n) is 6.76. The topological polar surface area (TPSA) is 91.6 Å². The molecule has 2 aromatic carbocycles. The molecule has 8 heteroatoms. The molecule has 5 rings (SSSR count). The van der Waals surface area contributed by atoms with Gasteiger partial charge in [0.25, 0.3) is 5.56 Å². The molecule has 1 atom stereocenters. The van der Waals surface area contributed by atoms with Crippen LogP contribution in [0.4, 0.5) is 5.82 Å². The molecule has 1 aromatic heterocycles. The van der Waals surface area contributed by atoms with Gasteiger partial charge in [-0.2, -0.15) is 0 Å². The highest BCUT2D eigenvalue weighted by atomic mass is 16.5. The average molecular weight is 474 g/mol. The first-order valence-corrected chi connectivity index (χ1v) is 11.6. The minimum atomic E-state index is -0.614. The van der Waals surface area contributed by atoms with E-state index in [1.807, 2.05) is 42.5 Å². The van der Waals surface area contributed by atoms with Crippen LogP contribution in [0, 0.1) is 0 Å². The van der Waals surface area contributed by atoms with Crippen LogP contribution in [0.5, 0.6) is 11.5 Å². The standard InChI is InChI=1S/C27H27N3O5/c1-29-25-24(26(32)30(2)27(29)33)22(23-18(28-25)10-7-11-19(23)31)17-12-13-20(21(14-17)34-3)35-15-16-8-5-4-6-9-16/h4-6,8-9,12-14,22,28H,7,10-11,15H2,1-3H3. The van der Waals surface area contributed by atoms with E-state index in [1.54, 1.807) is 20.2 Å². The number of carbonyl (C=O) groups excluding carboxylic acids is 1. The minimum absolute atomic E-state index is 0.00803. The zero-order valence-corrected chi connectivity index (χ0v) is 20.0. The number of fused-ring (bicyclic) bond motifs is 1. The van der Waals surface area contributed by atoms with Gasteiger partial charge in [0.05, 0.1) is 12.7 Å². The number of allylic oxidation sites excluding steroid dienone is 2. The van der Waals surface area contributed by atoms with Crippen molar-refractivity contribution in [1.82, 2.24) is 9.13 Å². The fourth-order valence-corrected chi connectivity index (χ4v) is 4.95. The predicted molar refractivity (Wildman–Crippen MR) is 132 cm³/mol. The van der Waals surface area contributed by atoms with Gasteiger partial charge in [-0.25, -0.2) is 4.79 Å². The molecule has 2 heterocycles. The van der Waals surface area contributed by atoms with Crippen molar-refractivity contribution in [2.24, 2.45) is 14.1 Å². The summed E-state index contributed by atoms with van der Waals surface area (Å²) < 4.78 is 14.2. The monoisotopic (exact) mass is 473 g/mol. The molecule has 0 radical (unpaired) electrons. The molecule has 1 unspecified atom stereocenters. The first-order chi connectivity index (χ1) is 16.9. The first-order valence-electron chi connectivity index (χ1n) is 11.6. The zero-order chi connectivity index (χ0) is 24.7. The molecule has 35 heavy (non-hydrogen) atoms. The number of Topliss-reactive ketones (excluding diaryl/α,β-unsaturated/α-hetero) is 1. The summed E-state index contributed by atoms with van der Waals surface area (Å²) in [5.41, 5.74) is 2.64. The lowest BCUT2D eigenvalue weighted by atomic mass is 9.76. The van der Waals surface area contributed by atoms with E-state index in [0.29, 0.717) is 47.9 Å². The van der Waals surface area contributed by atoms with E-state index >= 15 is 0 Å². The SMILES string of the molecule is COc1cc(C2C3=C(CCCC3=O)Nc3c2c(=O)n(C)c(=O)n3C)ccc1OCc1ccccc1. The van der Waals surface area contributed by atoms with Crippen molar-refractivity contribution in [3.05, 3.63) is 97.3 Å². The fraction of sp³-hybridized carbons (Fsp3) is 0.296. The largest absolute Gasteiger partial charge is 0.493 e. The molecule has 0 amide bonds. The Labute approximate surface area is 202 Å². The molecular formula is C27H27N3O5. The van der Waals surface area contributed by atoms with E-state index in [1.165, 1.54) is 11.6 Å². The lowest BCUT2D eigenvalue weighted by Crippen LogP contribution is -2.44. The Morgan fingerprint density at radius 3 is 2.49 bits per heavy atom. The van der Waals surface area contributed by atoms with Gasteiger partial charge in [0, 0.05) is 37.7 Å². The van der Waals surface area contributed by atoms with E-state index in [9.17, 15) is 14.4 Å². The maximum Gasteiger partial charge on any atom is 0.332 e. The second-order valence-electron chi connectivity index (χ2n) is 8.88. The van der Waals surface area contributed by atoms with E-state index in [-0.39, 0.29) is 5.78 Å². The summed E-state index contributed by atoms with van der Waals surface area (Å²) in [6.45, 7) is 0.378. The Morgan fingerprint density at radius 2 is 1.74 bits per heavy atom. The highest BCUT2D eigenvalue weighted by molar-refractivity contribution is 6.01. The lowest BCUT2D eigenvalue weighted by molar-refractivity contribution is -0.116. The molecule has 0 saturated carbocycles. The maximum absolute atomic E-state index is 13.4. The van der Waals surface area contributed by atoms with Gasteiger partial charge in [0.1, 0.15) is 12.4 Å². The second-order valence-corrected chi connectivity index (χ2v) is 8.88. The summed E-state index contributed by atoms with van der Waals surface area (Å²) in [5.74, 6) is 0.891. The number of ketones is 1. The number of carbonyl (C=O) groups is 1. The predicted octanol–water partition coefficient (Wildman–Crippen LogP) is 3.24. The third-order valence-corrected chi connectivity index (χ3v) is 6.76. The molecule has 0 spiro atoms. The van der Waals surface area contributed by atoms with Crippen LogP contribution >= 0.6 is 0 Å². The Bertz CT molecular complexity index is 1470. The van der Waals surface area contributed by atoms with Gasteiger partial charge >= 0.3 is 5.69 Å². The van der Waals surface area contributed by atoms with E-state index < -0.39 is 17.2 Å². The second kappa shape index (κ2) is 8.94. The van der Waals surface area contributed by atoms with Crippen molar-refractivity contribution < 1.29 is 14.3 Å². The summed E-state index contributed by atoms with van der Waals surface area (Å²) in [7, 11) is 4.64. The third kappa shape index (κ3) is 3.84. The van der Waals surface area contributed by atoms with Crippen LogP contribution in [0.1, 0.15) is 41.9 Å². The Hall–Kier alpha value is -4.07. The van der Waals surface area contributed by atoms with Crippen molar-refractivity contribution in [1.29, 1.82) is 0 Å². The molecule has 0 bridgehead atoms. The summed E-state index contributed by atoms with van der Waals surface area (Å²) in [6.07, 6.45) is 1.82. The average Bonchev–Trinajstić information content (AvgIpc) is 2.89. The van der Waals surface area contributed by atoms with Crippen molar-refractivity contribution >= 4 is 11.6 Å². The van der Waals surface area contributed by atoms with Gasteiger partial charge < -0.3 is 14.8 Å². The maximum atomic E-state index is 13.4. The van der Waals surface area contributed by atoms with Crippen molar-refractivity contribution in [3.63, 3.8) is 0 Å². The van der Waals surface area contributed by atoms with Crippen molar-refractivity contribution in [3.8, 4) is 11.5 Å². The van der Waals surface area contributed by atoms with Crippen molar-refractivity contribution in [2.75, 3.05) is 12.4 Å². The highest BCUT2D eigenvalue weighted by Gasteiger charge is 2.39. The van der Waals surface area contributed by atoms with Crippen LogP contribution in [-0.2, 0) is 25.5 Å². The number of benzene rings is 2. The van der Waals surface area contributed by atoms with Gasteiger partial charge in [-0.3, -0.25) is 18.7 Å². The van der Waals surface area contributed by atoms with Crippen LogP contribution in [0.25, 0.3) is 0 Å². The molecule has 3 aromatic rings. The number of aromatic nitrogens is 2. The number of nitrogens with one attached hydrogen (secondary N) is 1. The summed E-state index contributed by atoms with van der Waals surface area (Å²) >= 11 is 0. The minimum Gasteiger partial charge on any atom is -0.493 e. The van der Waals surface area contributed by atoms with Gasteiger partial charge in [-0.05, 0) is 36.1 Å². The number of methoxy groups -OCH3 is 1. The van der Waals surface area contributed by atoms with E-state index in [0.717, 1.165) is 27.8 Å². The highest BCUT2D eigenvalue weighted by Crippen LogP contribution is 2.45. The van der Waals surface area contributed by atoms with Gasteiger partial charge in [-0.15, -0.1) is 0 Å². The molecule has 8 nitrogen and oxygen atoms in total. The molecule has 1 aliphatic heterocycles. The quantitative estimate of drug-likeness (QED) is 0.612. The summed E-state index contributed by atoms with van der Waals surface area (Å²) in [4.78, 5) is 39.1. The van der Waals surface area contributed by atoms with Crippen LogP contribution in [0.2, 0.25) is 0 Å². The molecule has 0 fully saturated rings. The molecule has 0 saturated heterocycles. The Balaban J connectivity index is 1.64. The van der Waals surface area contributed by atoms with Gasteiger partial charge in [0.15, 0.2) is 17.3 Å². The number of nitrogens with zero attached hydrogens (tertiary/aromatic N) is 2. The molecule has 2 aliphatic rings. The molecule has 1 aliphatic carbocycles. The van der Waals surface area contributed by atoms with Crippen LogP contribution in [0.3, 0.4) is 0 Å². The van der Waals surface area contributed by atoms with Gasteiger partial charge in [-0.1, -0.05) is 36.4 Å². The first kappa shape index (κ1) is 22.7. The number of hydrogen-bond acceptors (Lipinski definition) is 6. The van der Waals surface area contributed by atoms with Crippen LogP contribution < -0.4 is 26.0 Å². The van der Waals surface area contributed by atoms with Crippen molar-refractivity contribution in [2.45, 2.75) is 31.8 Å². The van der Waals surface area contributed by atoms with E-state index in [2.05, 4.69) is 5.32 Å². The lowest BCUT2D eigenvalue weighted by Gasteiger charge is -2.34. The Morgan fingerprint density at radius 1 is 0.971 bits per heavy atom. The normalized spacial score (nSPS) is 16.9. The molecule has 180 valence electrons. The zero-order valence-electron chi connectivity index (χ0n) is 20.0. The van der Waals surface area contributed by atoms with Crippen LogP contribution in [-0.4, -0.2) is 22.0 Å². The molecule has 1 N–H and O–H groups in total. The fourth-order valence-electron chi connectivity index (χ4n) is 4.95. The number of ether oxygens (including phenoxy) is 2. The Kier molecular flexibility index (Phi) is 5.80.